The fourth-order valence-corrected chi connectivity index (χ4v) is 5.92. The topological polar surface area (TPSA) is 84.9 Å². The SMILES string of the molecule is CC[C@H]1Oc2ccccc2C2CCC(CC2)OC[C@H]2[C@@H](NS(C)(=O)=O)CCN2C1=O. The minimum Gasteiger partial charge on any atom is -0.480 e. The Kier molecular flexibility index (Phi) is 6.36. The van der Waals surface area contributed by atoms with Gasteiger partial charge < -0.3 is 14.4 Å². The lowest BCUT2D eigenvalue weighted by Crippen LogP contribution is -2.52. The molecule has 1 N–H and O–H groups in total. The smallest absolute Gasteiger partial charge is 0.264 e. The molecule has 0 aromatic heterocycles. The molecule has 3 aliphatic heterocycles. The van der Waals surface area contributed by atoms with Crippen molar-refractivity contribution >= 4 is 15.9 Å². The maximum absolute atomic E-state index is 13.4. The summed E-state index contributed by atoms with van der Waals surface area (Å²) in [7, 11) is -3.38. The second kappa shape index (κ2) is 8.85. The zero-order chi connectivity index (χ0) is 21.3. The van der Waals surface area contributed by atoms with E-state index in [-0.39, 0.29) is 24.1 Å². The van der Waals surface area contributed by atoms with Crippen molar-refractivity contribution in [3.63, 3.8) is 0 Å². The maximum Gasteiger partial charge on any atom is 0.264 e. The zero-order valence-corrected chi connectivity index (χ0v) is 18.6. The Morgan fingerprint density at radius 1 is 1.13 bits per heavy atom. The molecule has 1 aliphatic carbocycles. The van der Waals surface area contributed by atoms with Crippen molar-refractivity contribution in [2.75, 3.05) is 19.4 Å². The normalized spacial score (nSPS) is 32.4. The number of benzene rings is 1. The molecular formula is C22H32N2O5S. The van der Waals surface area contributed by atoms with Gasteiger partial charge in [-0.3, -0.25) is 4.79 Å². The first-order valence-electron chi connectivity index (χ1n) is 11.0. The van der Waals surface area contributed by atoms with Crippen LogP contribution >= 0.6 is 0 Å². The van der Waals surface area contributed by atoms with Crippen molar-refractivity contribution in [1.29, 1.82) is 0 Å². The third-order valence-corrected chi connectivity index (χ3v) is 7.38. The first-order chi connectivity index (χ1) is 14.4. The van der Waals surface area contributed by atoms with Crippen LogP contribution < -0.4 is 9.46 Å². The number of hydrogen-bond acceptors (Lipinski definition) is 5. The van der Waals surface area contributed by atoms with Crippen LogP contribution in [0.3, 0.4) is 0 Å². The Bertz CT molecular complexity index is 866. The summed E-state index contributed by atoms with van der Waals surface area (Å²) >= 11 is 0. The largest absolute Gasteiger partial charge is 0.480 e. The van der Waals surface area contributed by atoms with E-state index in [1.54, 1.807) is 4.90 Å². The Labute approximate surface area is 179 Å². The number of sulfonamides is 1. The third kappa shape index (κ3) is 4.65. The highest BCUT2D eigenvalue weighted by Gasteiger charge is 2.42. The number of rotatable bonds is 3. The minimum atomic E-state index is -3.38. The van der Waals surface area contributed by atoms with Crippen molar-refractivity contribution in [2.24, 2.45) is 0 Å². The van der Waals surface area contributed by atoms with E-state index in [4.69, 9.17) is 9.47 Å². The summed E-state index contributed by atoms with van der Waals surface area (Å²) in [6.45, 7) is 2.79. The Morgan fingerprint density at radius 2 is 1.87 bits per heavy atom. The Balaban J connectivity index is 1.66. The van der Waals surface area contributed by atoms with E-state index in [0.29, 0.717) is 31.9 Å². The molecule has 4 aliphatic rings. The van der Waals surface area contributed by atoms with E-state index in [1.807, 2.05) is 25.1 Å². The second-order valence-corrected chi connectivity index (χ2v) is 10.5. The average molecular weight is 437 g/mol. The van der Waals surface area contributed by atoms with Crippen molar-refractivity contribution in [3.8, 4) is 5.75 Å². The predicted molar refractivity (Wildman–Crippen MR) is 114 cm³/mol. The summed E-state index contributed by atoms with van der Waals surface area (Å²) in [4.78, 5) is 15.2. The highest BCUT2D eigenvalue weighted by Crippen LogP contribution is 2.39. The van der Waals surface area contributed by atoms with Gasteiger partial charge in [0.05, 0.1) is 25.0 Å². The molecule has 7 nitrogen and oxygen atoms in total. The fraction of sp³-hybridized carbons (Fsp3) is 0.682. The van der Waals surface area contributed by atoms with Gasteiger partial charge in [-0.05, 0) is 56.1 Å². The molecule has 0 spiro atoms. The van der Waals surface area contributed by atoms with Gasteiger partial charge in [-0.1, -0.05) is 25.1 Å². The van der Waals surface area contributed by atoms with Crippen LogP contribution in [0.1, 0.15) is 56.9 Å². The molecule has 2 bridgehead atoms. The van der Waals surface area contributed by atoms with E-state index in [2.05, 4.69) is 10.8 Å². The summed E-state index contributed by atoms with van der Waals surface area (Å²) in [6.07, 6.45) is 5.80. The zero-order valence-electron chi connectivity index (χ0n) is 17.7. The molecule has 1 aromatic carbocycles. The molecule has 3 atom stereocenters. The molecule has 8 heteroatoms. The van der Waals surface area contributed by atoms with Crippen LogP contribution in [0.2, 0.25) is 0 Å². The number of para-hydroxylation sites is 1. The lowest BCUT2D eigenvalue weighted by Gasteiger charge is -2.32. The molecule has 166 valence electrons. The lowest BCUT2D eigenvalue weighted by atomic mass is 9.82. The number of carbonyl (C=O) groups is 1. The summed E-state index contributed by atoms with van der Waals surface area (Å²) in [5, 5.41) is 0. The van der Waals surface area contributed by atoms with Crippen molar-refractivity contribution < 1.29 is 22.7 Å². The first kappa shape index (κ1) is 21.6. The van der Waals surface area contributed by atoms with Crippen molar-refractivity contribution in [3.05, 3.63) is 29.8 Å². The second-order valence-electron chi connectivity index (χ2n) is 8.74. The number of amides is 1. The summed E-state index contributed by atoms with van der Waals surface area (Å²) in [5.41, 5.74) is 1.18. The molecule has 5 rings (SSSR count). The molecule has 1 amide bonds. The van der Waals surface area contributed by atoms with Gasteiger partial charge in [0.2, 0.25) is 10.0 Å². The van der Waals surface area contributed by atoms with Crippen LogP contribution in [0.5, 0.6) is 5.75 Å². The van der Waals surface area contributed by atoms with Crippen LogP contribution in [0.25, 0.3) is 0 Å². The van der Waals surface area contributed by atoms with E-state index >= 15 is 0 Å². The fourth-order valence-electron chi connectivity index (χ4n) is 5.09. The van der Waals surface area contributed by atoms with E-state index in [1.165, 1.54) is 5.56 Å². The monoisotopic (exact) mass is 436 g/mol. The Morgan fingerprint density at radius 3 is 2.57 bits per heavy atom. The van der Waals surface area contributed by atoms with Gasteiger partial charge in [0.1, 0.15) is 5.75 Å². The summed E-state index contributed by atoms with van der Waals surface area (Å²) in [5.74, 6) is 1.11. The van der Waals surface area contributed by atoms with Gasteiger partial charge in [0.15, 0.2) is 6.10 Å². The number of hydrogen-bond donors (Lipinski definition) is 1. The van der Waals surface area contributed by atoms with Crippen LogP contribution in [0, 0.1) is 0 Å². The molecule has 1 saturated carbocycles. The Hall–Kier alpha value is -1.64. The molecule has 3 heterocycles. The van der Waals surface area contributed by atoms with Gasteiger partial charge in [0.25, 0.3) is 5.91 Å². The molecule has 1 aromatic rings. The lowest BCUT2D eigenvalue weighted by molar-refractivity contribution is -0.141. The predicted octanol–water partition coefficient (Wildman–Crippen LogP) is 2.42. The molecule has 0 radical (unpaired) electrons. The highest BCUT2D eigenvalue weighted by atomic mass is 32.2. The van der Waals surface area contributed by atoms with E-state index < -0.39 is 16.1 Å². The van der Waals surface area contributed by atoms with Crippen LogP contribution in [0.4, 0.5) is 0 Å². The summed E-state index contributed by atoms with van der Waals surface area (Å²) < 4.78 is 39.0. The van der Waals surface area contributed by atoms with Gasteiger partial charge in [0, 0.05) is 12.6 Å². The van der Waals surface area contributed by atoms with Crippen molar-refractivity contribution in [2.45, 2.75) is 75.7 Å². The average Bonchev–Trinajstić information content (AvgIpc) is 3.11. The van der Waals surface area contributed by atoms with Crippen molar-refractivity contribution in [1.82, 2.24) is 9.62 Å². The quantitative estimate of drug-likeness (QED) is 0.787. The van der Waals surface area contributed by atoms with Gasteiger partial charge in [-0.15, -0.1) is 0 Å². The van der Waals surface area contributed by atoms with E-state index in [0.717, 1.165) is 37.7 Å². The number of fused-ring (bicyclic) bond motifs is 5. The highest BCUT2D eigenvalue weighted by molar-refractivity contribution is 7.88. The minimum absolute atomic E-state index is 0.0923. The molecule has 1 saturated heterocycles. The molecule has 30 heavy (non-hydrogen) atoms. The molecule has 0 unspecified atom stereocenters. The number of carbonyl (C=O) groups excluding carboxylic acids is 1. The number of ether oxygens (including phenoxy) is 2. The standard InChI is InChI=1S/C22H32N2O5S/c1-3-20-22(25)24-13-12-18(23-30(2,26)27)19(24)14-28-16-10-8-15(9-11-16)17-6-4-5-7-21(17)29-20/h4-7,15-16,18-20,23H,3,8-14H2,1-2H3/t15?,16?,18-,19-,20+/m0/s1. The van der Waals surface area contributed by atoms with Crippen LogP contribution in [-0.4, -0.2) is 62.9 Å². The molecular weight excluding hydrogens is 404 g/mol. The van der Waals surface area contributed by atoms with Crippen LogP contribution in [0.15, 0.2) is 24.3 Å². The number of nitrogens with zero attached hydrogens (tertiary/aromatic N) is 1. The van der Waals surface area contributed by atoms with Gasteiger partial charge in [-0.2, -0.15) is 0 Å². The van der Waals surface area contributed by atoms with Crippen LogP contribution in [-0.2, 0) is 19.6 Å². The maximum atomic E-state index is 13.4. The van der Waals surface area contributed by atoms with Gasteiger partial charge >= 0.3 is 0 Å². The van der Waals surface area contributed by atoms with Gasteiger partial charge in [-0.25, -0.2) is 13.1 Å². The number of nitrogens with one attached hydrogen (secondary N) is 1. The summed E-state index contributed by atoms with van der Waals surface area (Å²) in [6, 6.07) is 7.40. The molecule has 2 fully saturated rings. The third-order valence-electron chi connectivity index (χ3n) is 6.65. The van der Waals surface area contributed by atoms with E-state index in [9.17, 15) is 13.2 Å². The first-order valence-corrected chi connectivity index (χ1v) is 12.9.